The van der Waals surface area contributed by atoms with E-state index in [4.69, 9.17) is 4.74 Å². The normalized spacial score (nSPS) is 18.1. The minimum Gasteiger partial charge on any atom is -0.492 e. The number of nitrogens with one attached hydrogen (secondary N) is 1. The summed E-state index contributed by atoms with van der Waals surface area (Å²) in [5, 5.41) is 5.60. The van der Waals surface area contributed by atoms with E-state index in [1.54, 1.807) is 18.6 Å². The molecule has 0 saturated carbocycles. The van der Waals surface area contributed by atoms with E-state index in [0.717, 1.165) is 43.1 Å². The number of carbonyl (C=O) groups is 1. The molecule has 2 atom stereocenters. The van der Waals surface area contributed by atoms with Crippen molar-refractivity contribution in [1.82, 2.24) is 20.2 Å². The Labute approximate surface area is 212 Å². The average molecular weight is 481 g/mol. The largest absolute Gasteiger partial charge is 0.492 e. The Morgan fingerprint density at radius 1 is 1.00 bits per heavy atom. The van der Waals surface area contributed by atoms with Crippen LogP contribution in [-0.2, 0) is 17.9 Å². The third-order valence-electron chi connectivity index (χ3n) is 6.76. The molecule has 6 heteroatoms. The van der Waals surface area contributed by atoms with Gasteiger partial charge in [0.05, 0.1) is 18.7 Å². The fraction of sp³-hybridized carbons (Fsp3) is 0.300. The molecule has 1 aliphatic rings. The summed E-state index contributed by atoms with van der Waals surface area (Å²) in [4.78, 5) is 24.1. The molecule has 0 unspecified atom stereocenters. The van der Waals surface area contributed by atoms with Gasteiger partial charge in [0.15, 0.2) is 0 Å². The van der Waals surface area contributed by atoms with Crippen LogP contribution < -0.4 is 10.1 Å². The minimum atomic E-state index is -0.0966. The van der Waals surface area contributed by atoms with Crippen LogP contribution in [0.15, 0.2) is 85.3 Å². The van der Waals surface area contributed by atoms with Gasteiger partial charge in [0.2, 0.25) is 5.91 Å². The maximum Gasteiger partial charge on any atom is 0.224 e. The maximum absolute atomic E-state index is 13.2. The van der Waals surface area contributed by atoms with E-state index in [9.17, 15) is 4.79 Å². The molecule has 1 saturated heterocycles. The highest BCUT2D eigenvalue weighted by molar-refractivity contribution is 5.83. The molecule has 1 aliphatic heterocycles. The first-order chi connectivity index (χ1) is 17.6. The van der Waals surface area contributed by atoms with Gasteiger partial charge in [-0.05, 0) is 59.5 Å². The zero-order valence-electron chi connectivity index (χ0n) is 20.6. The van der Waals surface area contributed by atoms with Crippen LogP contribution in [0.3, 0.4) is 0 Å². The summed E-state index contributed by atoms with van der Waals surface area (Å²) < 4.78 is 6.08. The number of likely N-dealkylation sites (tertiary alicyclic amines) is 1. The van der Waals surface area contributed by atoms with Crippen LogP contribution in [0, 0.1) is 18.8 Å². The van der Waals surface area contributed by atoms with Gasteiger partial charge in [-0.3, -0.25) is 19.7 Å². The van der Waals surface area contributed by atoms with Crippen molar-refractivity contribution in [2.45, 2.75) is 26.4 Å². The highest BCUT2D eigenvalue weighted by atomic mass is 16.5. The fourth-order valence-electron chi connectivity index (χ4n) is 4.93. The van der Waals surface area contributed by atoms with Crippen LogP contribution in [0.2, 0.25) is 0 Å². The predicted octanol–water partition coefficient (Wildman–Crippen LogP) is 4.77. The van der Waals surface area contributed by atoms with Crippen LogP contribution in [0.5, 0.6) is 5.75 Å². The molecule has 5 rings (SSSR count). The Balaban J connectivity index is 1.27. The second kappa shape index (κ2) is 11.3. The highest BCUT2D eigenvalue weighted by Gasteiger charge is 2.32. The maximum atomic E-state index is 13.2. The molecular weight excluding hydrogens is 448 g/mol. The van der Waals surface area contributed by atoms with Gasteiger partial charge in [0.25, 0.3) is 0 Å². The van der Waals surface area contributed by atoms with E-state index in [2.05, 4.69) is 62.6 Å². The number of piperidine rings is 1. The number of carbonyl (C=O) groups excluding carboxylic acids is 1. The van der Waals surface area contributed by atoms with Gasteiger partial charge in [-0.2, -0.15) is 0 Å². The number of nitrogens with zero attached hydrogens (tertiary/aromatic N) is 3. The van der Waals surface area contributed by atoms with Crippen LogP contribution in [-0.4, -0.2) is 40.5 Å². The molecule has 0 spiro atoms. The number of fused-ring (bicyclic) bond motifs is 1. The monoisotopic (exact) mass is 480 g/mol. The number of pyridine rings is 2. The molecule has 0 aliphatic carbocycles. The van der Waals surface area contributed by atoms with Gasteiger partial charge in [-0.15, -0.1) is 0 Å². The Morgan fingerprint density at radius 3 is 2.69 bits per heavy atom. The number of ether oxygens (including phenoxy) is 1. The molecule has 3 heterocycles. The van der Waals surface area contributed by atoms with Gasteiger partial charge in [-0.25, -0.2) is 0 Å². The fourth-order valence-corrected chi connectivity index (χ4v) is 4.93. The molecule has 0 bridgehead atoms. The quantitative estimate of drug-likeness (QED) is 0.393. The lowest BCUT2D eigenvalue weighted by Gasteiger charge is -2.37. The summed E-state index contributed by atoms with van der Waals surface area (Å²) in [7, 11) is 0. The van der Waals surface area contributed by atoms with Crippen LogP contribution >= 0.6 is 0 Å². The Hall–Kier alpha value is -3.77. The molecular formula is C30H32N4O2. The predicted molar refractivity (Wildman–Crippen MR) is 141 cm³/mol. The van der Waals surface area contributed by atoms with Gasteiger partial charge < -0.3 is 10.1 Å². The number of hydrogen-bond donors (Lipinski definition) is 1. The lowest BCUT2D eigenvalue weighted by Crippen LogP contribution is -2.47. The molecule has 1 fully saturated rings. The van der Waals surface area contributed by atoms with Crippen molar-refractivity contribution in [2.75, 3.05) is 19.7 Å². The Morgan fingerprint density at radius 2 is 1.89 bits per heavy atom. The Bertz CT molecular complexity index is 1290. The molecule has 2 aromatic carbocycles. The third kappa shape index (κ3) is 6.26. The average Bonchev–Trinajstić information content (AvgIpc) is 2.92. The SMILES string of the molecule is Cc1ccc(OC[C@H]2C[C@@H](C(=O)NCc3cccnc3)CN(Cc3ccc4ccccc4c3)C2)cn1. The van der Waals surface area contributed by atoms with Gasteiger partial charge in [0, 0.05) is 50.2 Å². The number of rotatable bonds is 8. The minimum absolute atomic E-state index is 0.0871. The molecule has 184 valence electrons. The zero-order valence-corrected chi connectivity index (χ0v) is 20.6. The zero-order chi connectivity index (χ0) is 24.7. The highest BCUT2D eigenvalue weighted by Crippen LogP contribution is 2.26. The second-order valence-electron chi connectivity index (χ2n) is 9.70. The van der Waals surface area contributed by atoms with Crippen molar-refractivity contribution in [3.63, 3.8) is 0 Å². The summed E-state index contributed by atoms with van der Waals surface area (Å²) in [6.45, 7) is 5.44. The van der Waals surface area contributed by atoms with Crippen molar-refractivity contribution in [3.8, 4) is 5.75 Å². The molecule has 4 aromatic rings. The Kier molecular flexibility index (Phi) is 7.52. The molecule has 6 nitrogen and oxygen atoms in total. The first kappa shape index (κ1) is 23.9. The molecule has 36 heavy (non-hydrogen) atoms. The van der Waals surface area contributed by atoms with Crippen molar-refractivity contribution in [2.24, 2.45) is 11.8 Å². The molecule has 1 amide bonds. The topological polar surface area (TPSA) is 67.3 Å². The summed E-state index contributed by atoms with van der Waals surface area (Å²) in [5.74, 6) is 1.00. The van der Waals surface area contributed by atoms with E-state index < -0.39 is 0 Å². The van der Waals surface area contributed by atoms with Crippen molar-refractivity contribution in [3.05, 3.63) is 102 Å². The van der Waals surface area contributed by atoms with Gasteiger partial charge >= 0.3 is 0 Å². The molecule has 1 N–H and O–H groups in total. The third-order valence-corrected chi connectivity index (χ3v) is 6.76. The summed E-state index contributed by atoms with van der Waals surface area (Å²) >= 11 is 0. The first-order valence-electron chi connectivity index (χ1n) is 12.5. The number of aryl methyl sites for hydroxylation is 1. The van der Waals surface area contributed by atoms with Crippen molar-refractivity contribution < 1.29 is 9.53 Å². The van der Waals surface area contributed by atoms with E-state index in [-0.39, 0.29) is 17.7 Å². The number of benzene rings is 2. The van der Waals surface area contributed by atoms with Crippen molar-refractivity contribution >= 4 is 16.7 Å². The lowest BCUT2D eigenvalue weighted by molar-refractivity contribution is -0.128. The molecule has 2 aromatic heterocycles. The van der Waals surface area contributed by atoms with Crippen molar-refractivity contribution in [1.29, 1.82) is 0 Å². The first-order valence-corrected chi connectivity index (χ1v) is 12.5. The second-order valence-corrected chi connectivity index (χ2v) is 9.70. The summed E-state index contributed by atoms with van der Waals surface area (Å²) in [6, 6.07) is 22.8. The summed E-state index contributed by atoms with van der Waals surface area (Å²) in [6.07, 6.45) is 6.10. The lowest BCUT2D eigenvalue weighted by atomic mass is 9.88. The summed E-state index contributed by atoms with van der Waals surface area (Å²) in [5.41, 5.74) is 3.22. The molecule has 0 radical (unpaired) electrons. The number of aromatic nitrogens is 2. The van der Waals surface area contributed by atoms with E-state index in [1.165, 1.54) is 16.3 Å². The van der Waals surface area contributed by atoms with E-state index >= 15 is 0 Å². The van der Waals surface area contributed by atoms with E-state index in [1.807, 2.05) is 31.2 Å². The standard InChI is InChI=1S/C30H32N4O2/c1-22-8-11-29(17-32-22)36-21-25-14-28(30(35)33-16-24-5-4-12-31-15-24)20-34(19-25)18-23-9-10-26-6-2-3-7-27(26)13-23/h2-13,15,17,25,28H,14,16,18-21H2,1H3,(H,33,35)/t25-,28+/m0/s1. The van der Waals surface area contributed by atoms with Gasteiger partial charge in [-0.1, -0.05) is 42.5 Å². The van der Waals surface area contributed by atoms with Gasteiger partial charge in [0.1, 0.15) is 5.75 Å². The number of hydrogen-bond acceptors (Lipinski definition) is 5. The number of amides is 1. The van der Waals surface area contributed by atoms with Crippen LogP contribution in [0.25, 0.3) is 10.8 Å². The van der Waals surface area contributed by atoms with E-state index in [0.29, 0.717) is 13.2 Å². The smallest absolute Gasteiger partial charge is 0.224 e. The van der Waals surface area contributed by atoms with Crippen LogP contribution in [0.1, 0.15) is 23.2 Å². The van der Waals surface area contributed by atoms with Crippen LogP contribution in [0.4, 0.5) is 0 Å².